The van der Waals surface area contributed by atoms with Crippen molar-refractivity contribution in [1.29, 1.82) is 0 Å². The van der Waals surface area contributed by atoms with Crippen LogP contribution in [0.3, 0.4) is 0 Å². The molecule has 2 aliphatic rings. The van der Waals surface area contributed by atoms with E-state index in [0.717, 1.165) is 28.7 Å². The number of hydrogen-bond acceptors (Lipinski definition) is 6. The Kier molecular flexibility index (Phi) is 7.05. The molecule has 5 rings (SSSR count). The van der Waals surface area contributed by atoms with E-state index in [-0.39, 0.29) is 0 Å². The van der Waals surface area contributed by atoms with E-state index >= 15 is 0 Å². The fraction of sp³-hybridized carbons (Fsp3) is 0.464. The lowest BCUT2D eigenvalue weighted by atomic mass is 9.87. The highest BCUT2D eigenvalue weighted by molar-refractivity contribution is 5.73. The van der Waals surface area contributed by atoms with Crippen LogP contribution in [0.4, 0.5) is 17.5 Å². The molecule has 0 atom stereocenters. The summed E-state index contributed by atoms with van der Waals surface area (Å²) in [4.78, 5) is 16.5. The number of benzene rings is 1. The van der Waals surface area contributed by atoms with Crippen LogP contribution in [0.15, 0.2) is 54.9 Å². The average molecular weight is 457 g/mol. The second-order valence-corrected chi connectivity index (χ2v) is 10.1. The zero-order chi connectivity index (χ0) is 23.3. The number of rotatable bonds is 6. The summed E-state index contributed by atoms with van der Waals surface area (Å²) in [6.07, 6.45) is 11.0. The number of pyridine rings is 1. The molecule has 2 N–H and O–H groups in total. The molecular weight excluding hydrogens is 420 g/mol. The Morgan fingerprint density at radius 3 is 2.35 bits per heavy atom. The molecule has 1 saturated carbocycles. The molecule has 0 spiro atoms. The maximum atomic E-state index is 4.90. The third kappa shape index (κ3) is 5.55. The molecule has 2 aromatic heterocycles. The van der Waals surface area contributed by atoms with Crippen LogP contribution < -0.4 is 10.6 Å². The van der Waals surface area contributed by atoms with Crippen LogP contribution in [0.2, 0.25) is 0 Å². The molecule has 3 heterocycles. The largest absolute Gasteiger partial charge is 0.367 e. The lowest BCUT2D eigenvalue weighted by molar-refractivity contribution is 0.255. The zero-order valence-corrected chi connectivity index (χ0v) is 20.4. The van der Waals surface area contributed by atoms with Gasteiger partial charge in [0, 0.05) is 24.1 Å². The highest BCUT2D eigenvalue weighted by Gasteiger charge is 2.21. The lowest BCUT2D eigenvalue weighted by Gasteiger charge is -2.29. The van der Waals surface area contributed by atoms with Gasteiger partial charge in [-0.2, -0.15) is 4.98 Å². The van der Waals surface area contributed by atoms with E-state index < -0.39 is 0 Å². The number of nitrogens with zero attached hydrogens (tertiary/aromatic N) is 4. The van der Waals surface area contributed by atoms with Crippen molar-refractivity contribution in [2.75, 3.05) is 30.8 Å². The van der Waals surface area contributed by atoms with Gasteiger partial charge < -0.3 is 15.5 Å². The molecule has 6 heteroatoms. The Bertz CT molecular complexity index is 1050. The minimum atomic E-state index is 0.440. The van der Waals surface area contributed by atoms with Gasteiger partial charge in [0.2, 0.25) is 5.95 Å². The molecule has 2 fully saturated rings. The van der Waals surface area contributed by atoms with Gasteiger partial charge in [0.15, 0.2) is 0 Å². The van der Waals surface area contributed by atoms with E-state index in [1.807, 2.05) is 30.6 Å². The minimum Gasteiger partial charge on any atom is -0.367 e. The van der Waals surface area contributed by atoms with Gasteiger partial charge in [-0.3, -0.25) is 4.98 Å². The molecule has 6 nitrogen and oxygen atoms in total. The van der Waals surface area contributed by atoms with E-state index in [2.05, 4.69) is 63.7 Å². The fourth-order valence-corrected chi connectivity index (χ4v) is 5.17. The maximum Gasteiger partial charge on any atom is 0.229 e. The van der Waals surface area contributed by atoms with E-state index in [1.54, 1.807) is 0 Å². The molecule has 0 bridgehead atoms. The number of piperidine rings is 1. The molecule has 3 aromatic rings. The zero-order valence-electron chi connectivity index (χ0n) is 20.4. The average Bonchev–Trinajstić information content (AvgIpc) is 2.87. The fourth-order valence-electron chi connectivity index (χ4n) is 5.17. The van der Waals surface area contributed by atoms with Gasteiger partial charge in [-0.25, -0.2) is 4.98 Å². The molecule has 1 aliphatic carbocycles. The predicted octanol–water partition coefficient (Wildman–Crippen LogP) is 6.08. The Hall–Kier alpha value is -2.99. The minimum absolute atomic E-state index is 0.440. The molecule has 0 radical (unpaired) electrons. The van der Waals surface area contributed by atoms with Gasteiger partial charge >= 0.3 is 0 Å². The smallest absolute Gasteiger partial charge is 0.229 e. The van der Waals surface area contributed by atoms with Gasteiger partial charge in [0.25, 0.3) is 0 Å². The number of anilines is 3. The first-order valence-corrected chi connectivity index (χ1v) is 12.7. The molecule has 1 saturated heterocycles. The van der Waals surface area contributed by atoms with E-state index in [9.17, 15) is 0 Å². The SMILES string of the molecule is CC1CCC(Nc2nc(Nc3ccc(C4CCN(C)CC4)cc3)ncc2-c2ccccn2)CC1. The molecule has 178 valence electrons. The number of aromatic nitrogens is 3. The highest BCUT2D eigenvalue weighted by Crippen LogP contribution is 2.32. The summed E-state index contributed by atoms with van der Waals surface area (Å²) in [7, 11) is 2.21. The quantitative estimate of drug-likeness (QED) is 0.468. The monoisotopic (exact) mass is 456 g/mol. The van der Waals surface area contributed by atoms with Crippen LogP contribution in [0.1, 0.15) is 56.9 Å². The van der Waals surface area contributed by atoms with E-state index in [0.29, 0.717) is 17.9 Å². The molecule has 0 unspecified atom stereocenters. The first-order valence-electron chi connectivity index (χ1n) is 12.7. The van der Waals surface area contributed by atoms with Crippen LogP contribution >= 0.6 is 0 Å². The lowest BCUT2D eigenvalue weighted by Crippen LogP contribution is -2.29. The molecule has 0 amide bonds. The van der Waals surface area contributed by atoms with Gasteiger partial charge in [-0.1, -0.05) is 25.1 Å². The first kappa shape index (κ1) is 22.8. The van der Waals surface area contributed by atoms with Gasteiger partial charge in [0.1, 0.15) is 5.82 Å². The molecular formula is C28H36N6. The molecule has 1 aliphatic heterocycles. The van der Waals surface area contributed by atoms with Crippen LogP contribution in [0, 0.1) is 5.92 Å². The van der Waals surface area contributed by atoms with E-state index in [1.165, 1.54) is 57.2 Å². The van der Waals surface area contributed by atoms with Crippen molar-refractivity contribution in [2.45, 2.75) is 57.4 Å². The second kappa shape index (κ2) is 10.5. The summed E-state index contributed by atoms with van der Waals surface area (Å²) < 4.78 is 0. The summed E-state index contributed by atoms with van der Waals surface area (Å²) in [6.45, 7) is 4.70. The van der Waals surface area contributed by atoms with Crippen molar-refractivity contribution in [3.8, 4) is 11.3 Å². The highest BCUT2D eigenvalue weighted by atomic mass is 15.2. The van der Waals surface area contributed by atoms with Gasteiger partial charge in [-0.05, 0) is 100 Å². The third-order valence-corrected chi connectivity index (χ3v) is 7.44. The van der Waals surface area contributed by atoms with Crippen molar-refractivity contribution in [3.63, 3.8) is 0 Å². The summed E-state index contributed by atoms with van der Waals surface area (Å²) in [6, 6.07) is 15.2. The predicted molar refractivity (Wildman–Crippen MR) is 140 cm³/mol. The Morgan fingerprint density at radius 2 is 1.65 bits per heavy atom. The van der Waals surface area contributed by atoms with Crippen molar-refractivity contribution < 1.29 is 0 Å². The Morgan fingerprint density at radius 1 is 0.882 bits per heavy atom. The van der Waals surface area contributed by atoms with Crippen LogP contribution in [-0.4, -0.2) is 46.0 Å². The summed E-state index contributed by atoms with van der Waals surface area (Å²) in [5.74, 6) is 2.94. The normalized spacial score (nSPS) is 21.8. The van der Waals surface area contributed by atoms with Crippen molar-refractivity contribution >= 4 is 17.5 Å². The summed E-state index contributed by atoms with van der Waals surface area (Å²) in [5.41, 5.74) is 4.28. The Labute approximate surface area is 203 Å². The number of nitrogens with one attached hydrogen (secondary N) is 2. The van der Waals surface area contributed by atoms with Crippen LogP contribution in [-0.2, 0) is 0 Å². The maximum absolute atomic E-state index is 4.90. The summed E-state index contributed by atoms with van der Waals surface area (Å²) >= 11 is 0. The standard InChI is InChI=1S/C28H36N6/c1-20-6-10-23(11-7-20)31-27-25(26-5-3-4-16-29-26)19-30-28(33-27)32-24-12-8-21(9-13-24)22-14-17-34(2)18-15-22/h3-5,8-9,12-13,16,19-20,22-23H,6-7,10-11,14-15,17-18H2,1-2H3,(H2,30,31,32,33). The molecule has 1 aromatic carbocycles. The van der Waals surface area contributed by atoms with Crippen LogP contribution in [0.5, 0.6) is 0 Å². The van der Waals surface area contributed by atoms with E-state index in [4.69, 9.17) is 4.98 Å². The molecule has 34 heavy (non-hydrogen) atoms. The summed E-state index contributed by atoms with van der Waals surface area (Å²) in [5, 5.41) is 7.13. The Balaban J connectivity index is 1.33. The second-order valence-electron chi connectivity index (χ2n) is 10.1. The van der Waals surface area contributed by atoms with Crippen molar-refractivity contribution in [3.05, 3.63) is 60.4 Å². The van der Waals surface area contributed by atoms with Gasteiger partial charge in [-0.15, -0.1) is 0 Å². The third-order valence-electron chi connectivity index (χ3n) is 7.44. The number of likely N-dealkylation sites (tertiary alicyclic amines) is 1. The van der Waals surface area contributed by atoms with Crippen molar-refractivity contribution in [1.82, 2.24) is 19.9 Å². The first-order chi connectivity index (χ1) is 16.6. The van der Waals surface area contributed by atoms with Crippen molar-refractivity contribution in [2.24, 2.45) is 5.92 Å². The van der Waals surface area contributed by atoms with Gasteiger partial charge in [0.05, 0.1) is 11.3 Å². The number of hydrogen-bond donors (Lipinski definition) is 2. The topological polar surface area (TPSA) is 66.0 Å². The van der Waals surface area contributed by atoms with Crippen LogP contribution in [0.25, 0.3) is 11.3 Å².